The largest absolute Gasteiger partial charge is 0.467 e. The van der Waals surface area contributed by atoms with E-state index < -0.39 is 0 Å². The van der Waals surface area contributed by atoms with E-state index >= 15 is 0 Å². The molecule has 1 unspecified atom stereocenters. The number of carbonyl (C=O) groups excluding carboxylic acids is 2. The van der Waals surface area contributed by atoms with E-state index in [1.165, 1.54) is 0 Å². The van der Waals surface area contributed by atoms with Gasteiger partial charge in [-0.2, -0.15) is 0 Å². The van der Waals surface area contributed by atoms with Crippen molar-refractivity contribution in [2.75, 3.05) is 29.4 Å². The number of amides is 2. The van der Waals surface area contributed by atoms with Gasteiger partial charge in [-0.1, -0.05) is 19.1 Å². The Kier molecular flexibility index (Phi) is 5.07. The zero-order chi connectivity index (χ0) is 17.8. The Balaban J connectivity index is 1.76. The molecule has 2 amide bonds. The van der Waals surface area contributed by atoms with Crippen LogP contribution in [0.5, 0.6) is 0 Å². The Morgan fingerprint density at radius 1 is 1.16 bits per heavy atom. The number of fused-ring (bicyclic) bond motifs is 1. The van der Waals surface area contributed by atoms with Gasteiger partial charge in [-0.25, -0.2) is 0 Å². The van der Waals surface area contributed by atoms with Crippen LogP contribution in [0.4, 0.5) is 11.4 Å². The van der Waals surface area contributed by atoms with Crippen molar-refractivity contribution in [3.63, 3.8) is 0 Å². The van der Waals surface area contributed by atoms with Crippen molar-refractivity contribution in [3.8, 4) is 0 Å². The normalized spacial score (nSPS) is 17.0. The maximum atomic E-state index is 12.4. The maximum Gasteiger partial charge on any atom is 0.239 e. The molecule has 6 nitrogen and oxygen atoms in total. The first kappa shape index (κ1) is 17.1. The third-order valence-corrected chi connectivity index (χ3v) is 4.29. The molecule has 1 N–H and O–H groups in total. The predicted molar refractivity (Wildman–Crippen MR) is 96.4 cm³/mol. The molecule has 132 valence electrons. The lowest BCUT2D eigenvalue weighted by Gasteiger charge is -2.26. The number of benzene rings is 1. The van der Waals surface area contributed by atoms with Crippen LogP contribution >= 0.6 is 0 Å². The molecule has 25 heavy (non-hydrogen) atoms. The molecule has 1 aliphatic rings. The second-order valence-corrected chi connectivity index (χ2v) is 6.46. The van der Waals surface area contributed by atoms with Gasteiger partial charge in [-0.05, 0) is 30.2 Å². The first-order valence-corrected chi connectivity index (χ1v) is 8.45. The van der Waals surface area contributed by atoms with Crippen molar-refractivity contribution >= 4 is 23.2 Å². The molecule has 1 aliphatic heterocycles. The molecule has 1 atom stereocenters. The van der Waals surface area contributed by atoms with Crippen LogP contribution in [-0.4, -0.2) is 31.4 Å². The highest BCUT2D eigenvalue weighted by molar-refractivity contribution is 5.96. The molecule has 0 radical (unpaired) electrons. The molecule has 0 saturated carbocycles. The van der Waals surface area contributed by atoms with Gasteiger partial charge in [0.1, 0.15) is 5.76 Å². The lowest BCUT2D eigenvalue weighted by atomic mass is 10.1. The predicted octanol–water partition coefficient (Wildman–Crippen LogP) is 2.41. The average molecular weight is 341 g/mol. The van der Waals surface area contributed by atoms with E-state index in [-0.39, 0.29) is 24.3 Å². The van der Waals surface area contributed by atoms with Crippen molar-refractivity contribution < 1.29 is 14.0 Å². The minimum Gasteiger partial charge on any atom is -0.467 e. The van der Waals surface area contributed by atoms with Crippen LogP contribution in [0.1, 0.15) is 19.6 Å². The molecular formula is C19H23N3O3. The number of anilines is 2. The Labute approximate surface area is 147 Å². The van der Waals surface area contributed by atoms with Crippen LogP contribution in [0.25, 0.3) is 0 Å². The molecule has 0 aliphatic carbocycles. The van der Waals surface area contributed by atoms with Gasteiger partial charge in [0.25, 0.3) is 0 Å². The standard InChI is InChI=1S/C19H23N3O3/c1-14-11-21(13-19(24)20-10-16-6-5-9-25-16)17-7-3-4-8-18(17)22(12-14)15(2)23/h3-9,14H,10-13H2,1-2H3,(H,20,24). The monoisotopic (exact) mass is 341 g/mol. The lowest BCUT2D eigenvalue weighted by molar-refractivity contribution is -0.120. The number of rotatable bonds is 4. The Bertz CT molecular complexity index is 742. The van der Waals surface area contributed by atoms with Gasteiger partial charge >= 0.3 is 0 Å². The van der Waals surface area contributed by atoms with Gasteiger partial charge in [0.15, 0.2) is 0 Å². The SMILES string of the molecule is CC(=O)N1CC(C)CN(CC(=O)NCc2ccco2)c2ccccc21. The number of furan rings is 1. The van der Waals surface area contributed by atoms with E-state index in [2.05, 4.69) is 12.2 Å². The lowest BCUT2D eigenvalue weighted by Crippen LogP contribution is -2.39. The first-order chi connectivity index (χ1) is 12.0. The van der Waals surface area contributed by atoms with Gasteiger partial charge in [-0.3, -0.25) is 9.59 Å². The van der Waals surface area contributed by atoms with Gasteiger partial charge in [0, 0.05) is 20.0 Å². The maximum absolute atomic E-state index is 12.4. The van der Waals surface area contributed by atoms with Gasteiger partial charge in [-0.15, -0.1) is 0 Å². The van der Waals surface area contributed by atoms with E-state index in [4.69, 9.17) is 4.42 Å². The molecule has 0 spiro atoms. The van der Waals surface area contributed by atoms with Crippen molar-refractivity contribution in [2.24, 2.45) is 5.92 Å². The van der Waals surface area contributed by atoms with Crippen LogP contribution < -0.4 is 15.1 Å². The van der Waals surface area contributed by atoms with Crippen molar-refractivity contribution in [2.45, 2.75) is 20.4 Å². The summed E-state index contributed by atoms with van der Waals surface area (Å²) < 4.78 is 5.24. The van der Waals surface area contributed by atoms with E-state index in [0.29, 0.717) is 13.1 Å². The summed E-state index contributed by atoms with van der Waals surface area (Å²) >= 11 is 0. The fraction of sp³-hybridized carbons (Fsp3) is 0.368. The van der Waals surface area contributed by atoms with Crippen LogP contribution in [-0.2, 0) is 16.1 Å². The number of hydrogen-bond acceptors (Lipinski definition) is 4. The second kappa shape index (κ2) is 7.42. The first-order valence-electron chi connectivity index (χ1n) is 8.45. The Morgan fingerprint density at radius 2 is 1.92 bits per heavy atom. The second-order valence-electron chi connectivity index (χ2n) is 6.46. The average Bonchev–Trinajstić information content (AvgIpc) is 3.06. The third-order valence-electron chi connectivity index (χ3n) is 4.29. The van der Waals surface area contributed by atoms with Gasteiger partial charge < -0.3 is 19.5 Å². The summed E-state index contributed by atoms with van der Waals surface area (Å²) in [5, 5.41) is 2.88. The zero-order valence-electron chi connectivity index (χ0n) is 14.6. The number of carbonyl (C=O) groups is 2. The molecule has 0 fully saturated rings. The number of nitrogens with one attached hydrogen (secondary N) is 1. The summed E-state index contributed by atoms with van der Waals surface area (Å²) in [6.45, 7) is 5.65. The van der Waals surface area contributed by atoms with E-state index in [0.717, 1.165) is 23.7 Å². The zero-order valence-corrected chi connectivity index (χ0v) is 14.6. The van der Waals surface area contributed by atoms with E-state index in [1.807, 2.05) is 35.2 Å². The minimum atomic E-state index is -0.0744. The minimum absolute atomic E-state index is 0.0171. The van der Waals surface area contributed by atoms with Crippen LogP contribution in [0.15, 0.2) is 47.1 Å². The summed E-state index contributed by atoms with van der Waals surface area (Å²) in [6, 6.07) is 11.4. The van der Waals surface area contributed by atoms with Crippen LogP contribution in [0, 0.1) is 5.92 Å². The fourth-order valence-corrected chi connectivity index (χ4v) is 3.18. The van der Waals surface area contributed by atoms with E-state index in [9.17, 15) is 9.59 Å². The Morgan fingerprint density at radius 3 is 2.60 bits per heavy atom. The molecular weight excluding hydrogens is 318 g/mol. The quantitative estimate of drug-likeness (QED) is 0.927. The van der Waals surface area contributed by atoms with Gasteiger partial charge in [0.2, 0.25) is 11.8 Å². The van der Waals surface area contributed by atoms with Gasteiger partial charge in [0.05, 0.1) is 30.7 Å². The summed E-state index contributed by atoms with van der Waals surface area (Å²) in [5.74, 6) is 0.924. The molecule has 6 heteroatoms. The molecule has 1 aromatic heterocycles. The molecule has 0 bridgehead atoms. The highest BCUT2D eigenvalue weighted by Crippen LogP contribution is 2.33. The fourth-order valence-electron chi connectivity index (χ4n) is 3.18. The summed E-state index contributed by atoms with van der Waals surface area (Å²) in [5.41, 5.74) is 1.77. The summed E-state index contributed by atoms with van der Waals surface area (Å²) in [7, 11) is 0. The summed E-state index contributed by atoms with van der Waals surface area (Å²) in [6.07, 6.45) is 1.59. The number of para-hydroxylation sites is 2. The molecule has 0 saturated heterocycles. The number of hydrogen-bond donors (Lipinski definition) is 1. The van der Waals surface area contributed by atoms with Crippen molar-refractivity contribution in [1.29, 1.82) is 0 Å². The smallest absolute Gasteiger partial charge is 0.239 e. The third kappa shape index (κ3) is 4.02. The topological polar surface area (TPSA) is 65.8 Å². The molecule has 3 rings (SSSR count). The summed E-state index contributed by atoms with van der Waals surface area (Å²) in [4.78, 5) is 28.3. The van der Waals surface area contributed by atoms with Crippen LogP contribution in [0.2, 0.25) is 0 Å². The molecule has 2 heterocycles. The van der Waals surface area contributed by atoms with Crippen LogP contribution in [0.3, 0.4) is 0 Å². The highest BCUT2D eigenvalue weighted by Gasteiger charge is 2.27. The Hall–Kier alpha value is -2.76. The highest BCUT2D eigenvalue weighted by atomic mass is 16.3. The molecule has 1 aromatic carbocycles. The van der Waals surface area contributed by atoms with Crippen molar-refractivity contribution in [3.05, 3.63) is 48.4 Å². The van der Waals surface area contributed by atoms with Crippen molar-refractivity contribution in [1.82, 2.24) is 5.32 Å². The molecule has 2 aromatic rings. The number of nitrogens with zero attached hydrogens (tertiary/aromatic N) is 2. The van der Waals surface area contributed by atoms with E-state index in [1.54, 1.807) is 24.2 Å².